The fourth-order valence-corrected chi connectivity index (χ4v) is 3.75. The van der Waals surface area contributed by atoms with Crippen LogP contribution in [0.5, 0.6) is 0 Å². The SMILES string of the molecule is CCCCN(/N=N/c1snc2ccc([N+](=O)[O-])cc12)c1ccc2ccccc2c1. The smallest absolute Gasteiger partial charge is 0.258 e. The third-order valence-corrected chi connectivity index (χ3v) is 5.41. The molecule has 0 spiro atoms. The molecule has 0 radical (unpaired) electrons. The van der Waals surface area contributed by atoms with Crippen molar-refractivity contribution in [3.05, 3.63) is 70.8 Å². The maximum absolute atomic E-state index is 11.1. The Balaban J connectivity index is 1.68. The van der Waals surface area contributed by atoms with E-state index in [0.717, 1.165) is 30.5 Å². The van der Waals surface area contributed by atoms with Crippen LogP contribution in [0.15, 0.2) is 71.0 Å². The van der Waals surface area contributed by atoms with Crippen LogP contribution >= 0.6 is 11.5 Å². The Morgan fingerprint density at radius 3 is 2.72 bits per heavy atom. The van der Waals surface area contributed by atoms with Crippen LogP contribution in [-0.4, -0.2) is 15.8 Å². The van der Waals surface area contributed by atoms with Crippen molar-refractivity contribution in [3.63, 3.8) is 0 Å². The lowest BCUT2D eigenvalue weighted by molar-refractivity contribution is -0.384. The average Bonchev–Trinajstić information content (AvgIpc) is 3.15. The zero-order chi connectivity index (χ0) is 20.2. The van der Waals surface area contributed by atoms with Gasteiger partial charge < -0.3 is 0 Å². The van der Waals surface area contributed by atoms with Gasteiger partial charge in [-0.3, -0.25) is 10.1 Å². The van der Waals surface area contributed by atoms with Crippen LogP contribution in [0.1, 0.15) is 19.8 Å². The van der Waals surface area contributed by atoms with Gasteiger partial charge in [0.2, 0.25) is 0 Å². The number of unbranched alkanes of at least 4 members (excludes halogenated alkanes) is 1. The minimum Gasteiger partial charge on any atom is -0.258 e. The fraction of sp³-hybridized carbons (Fsp3) is 0.190. The minimum atomic E-state index is -0.416. The predicted molar refractivity (Wildman–Crippen MR) is 117 cm³/mol. The van der Waals surface area contributed by atoms with E-state index in [4.69, 9.17) is 0 Å². The van der Waals surface area contributed by atoms with E-state index in [1.165, 1.54) is 29.1 Å². The zero-order valence-electron chi connectivity index (χ0n) is 15.9. The number of aromatic nitrogens is 1. The molecule has 0 unspecified atom stereocenters. The molecule has 0 saturated heterocycles. The topological polar surface area (TPSA) is 84.0 Å². The lowest BCUT2D eigenvalue weighted by Gasteiger charge is -2.17. The molecule has 0 atom stereocenters. The van der Waals surface area contributed by atoms with Gasteiger partial charge in [-0.05, 0) is 46.9 Å². The van der Waals surface area contributed by atoms with Crippen LogP contribution in [0.3, 0.4) is 0 Å². The van der Waals surface area contributed by atoms with E-state index in [2.05, 4.69) is 45.9 Å². The van der Waals surface area contributed by atoms with Gasteiger partial charge >= 0.3 is 0 Å². The normalized spacial score (nSPS) is 11.5. The Labute approximate surface area is 171 Å². The lowest BCUT2D eigenvalue weighted by atomic mass is 10.1. The number of hydrogen-bond acceptors (Lipinski definition) is 6. The first-order chi connectivity index (χ1) is 14.2. The summed E-state index contributed by atoms with van der Waals surface area (Å²) in [5, 5.41) is 25.3. The number of hydrogen-bond donors (Lipinski definition) is 0. The number of fused-ring (bicyclic) bond motifs is 2. The number of non-ortho nitro benzene ring substituents is 1. The molecule has 0 bridgehead atoms. The van der Waals surface area contributed by atoms with Crippen molar-refractivity contribution >= 4 is 49.6 Å². The molecule has 0 saturated carbocycles. The average molecular weight is 405 g/mol. The van der Waals surface area contributed by atoms with Gasteiger partial charge in [0.05, 0.1) is 16.1 Å². The quantitative estimate of drug-likeness (QED) is 0.195. The summed E-state index contributed by atoms with van der Waals surface area (Å²) in [5.74, 6) is 0. The van der Waals surface area contributed by atoms with Crippen LogP contribution < -0.4 is 5.01 Å². The first kappa shape index (κ1) is 18.9. The van der Waals surface area contributed by atoms with Gasteiger partial charge in [-0.1, -0.05) is 48.9 Å². The van der Waals surface area contributed by atoms with Crippen LogP contribution in [0.4, 0.5) is 16.4 Å². The van der Waals surface area contributed by atoms with E-state index >= 15 is 0 Å². The fourth-order valence-electron chi connectivity index (χ4n) is 3.07. The molecule has 4 rings (SSSR count). The molecular formula is C21H19N5O2S. The molecule has 4 aromatic rings. The largest absolute Gasteiger partial charge is 0.270 e. The highest BCUT2D eigenvalue weighted by Gasteiger charge is 2.13. The van der Waals surface area contributed by atoms with E-state index < -0.39 is 4.92 Å². The molecule has 0 aliphatic heterocycles. The number of anilines is 1. The number of benzene rings is 3. The van der Waals surface area contributed by atoms with Gasteiger partial charge in [0.15, 0.2) is 5.00 Å². The molecule has 8 heteroatoms. The third kappa shape index (κ3) is 4.07. The predicted octanol–water partition coefficient (Wildman–Crippen LogP) is 6.66. The molecular weight excluding hydrogens is 386 g/mol. The maximum atomic E-state index is 11.1. The summed E-state index contributed by atoms with van der Waals surface area (Å²) in [6, 6.07) is 19.0. The lowest BCUT2D eigenvalue weighted by Crippen LogP contribution is -2.16. The van der Waals surface area contributed by atoms with E-state index in [1.807, 2.05) is 23.2 Å². The second-order valence-corrected chi connectivity index (χ2v) is 7.40. The molecule has 3 aromatic carbocycles. The molecule has 0 aliphatic rings. The summed E-state index contributed by atoms with van der Waals surface area (Å²) in [6.45, 7) is 2.86. The molecule has 0 N–H and O–H groups in total. The highest BCUT2D eigenvalue weighted by Crippen LogP contribution is 2.34. The number of nitro benzene ring substituents is 1. The number of nitrogens with zero attached hydrogens (tertiary/aromatic N) is 5. The van der Waals surface area contributed by atoms with Crippen LogP contribution in [-0.2, 0) is 0 Å². The van der Waals surface area contributed by atoms with Gasteiger partial charge in [0, 0.05) is 24.1 Å². The van der Waals surface area contributed by atoms with Gasteiger partial charge in [-0.2, -0.15) is 4.37 Å². The highest BCUT2D eigenvalue weighted by atomic mass is 32.1. The highest BCUT2D eigenvalue weighted by molar-refractivity contribution is 7.11. The second-order valence-electron chi connectivity index (χ2n) is 6.64. The molecule has 0 aliphatic carbocycles. The van der Waals surface area contributed by atoms with Gasteiger partial charge in [-0.25, -0.2) is 5.01 Å². The van der Waals surface area contributed by atoms with Gasteiger partial charge in [-0.15, -0.1) is 5.11 Å². The van der Waals surface area contributed by atoms with Crippen LogP contribution in [0.2, 0.25) is 0 Å². The number of rotatable bonds is 7. The molecule has 0 fully saturated rings. The summed E-state index contributed by atoms with van der Waals surface area (Å²) in [7, 11) is 0. The number of nitro groups is 1. The van der Waals surface area contributed by atoms with E-state index in [0.29, 0.717) is 15.9 Å². The summed E-state index contributed by atoms with van der Waals surface area (Å²) < 4.78 is 4.32. The molecule has 7 nitrogen and oxygen atoms in total. The Hall–Kier alpha value is -3.39. The maximum Gasteiger partial charge on any atom is 0.270 e. The van der Waals surface area contributed by atoms with Gasteiger partial charge in [0.25, 0.3) is 5.69 Å². The van der Waals surface area contributed by atoms with E-state index in [9.17, 15) is 10.1 Å². The summed E-state index contributed by atoms with van der Waals surface area (Å²) >= 11 is 1.19. The van der Waals surface area contributed by atoms with Crippen molar-refractivity contribution in [1.82, 2.24) is 4.37 Å². The van der Waals surface area contributed by atoms with Crippen molar-refractivity contribution in [2.24, 2.45) is 10.3 Å². The van der Waals surface area contributed by atoms with Crippen LogP contribution in [0, 0.1) is 10.1 Å². The summed E-state index contributed by atoms with van der Waals surface area (Å²) in [6.07, 6.45) is 2.01. The third-order valence-electron chi connectivity index (χ3n) is 4.65. The van der Waals surface area contributed by atoms with E-state index in [1.54, 1.807) is 6.07 Å². The Kier molecular flexibility index (Phi) is 5.44. The monoisotopic (exact) mass is 405 g/mol. The minimum absolute atomic E-state index is 0.0199. The van der Waals surface area contributed by atoms with Gasteiger partial charge in [0.1, 0.15) is 0 Å². The Morgan fingerprint density at radius 2 is 1.93 bits per heavy atom. The Morgan fingerprint density at radius 1 is 1.10 bits per heavy atom. The molecule has 1 heterocycles. The molecule has 0 amide bonds. The standard InChI is InChI=1S/C21H19N5O2S/c1-2-3-12-25(17-9-8-15-6-4-5-7-16(15)13-17)24-22-21-19-14-18(26(27)28)10-11-20(19)23-29-21/h4-11,13-14H,2-3,12H2,1H3/b24-22+. The first-order valence-corrected chi connectivity index (χ1v) is 10.1. The molecule has 146 valence electrons. The first-order valence-electron chi connectivity index (χ1n) is 9.37. The van der Waals surface area contributed by atoms with Crippen LogP contribution in [0.25, 0.3) is 21.7 Å². The Bertz CT molecular complexity index is 1200. The molecule has 29 heavy (non-hydrogen) atoms. The van der Waals surface area contributed by atoms with Crippen molar-refractivity contribution in [2.45, 2.75) is 19.8 Å². The summed E-state index contributed by atoms with van der Waals surface area (Å²) in [5.41, 5.74) is 1.66. The van der Waals surface area contributed by atoms with Crippen molar-refractivity contribution in [3.8, 4) is 0 Å². The summed E-state index contributed by atoms with van der Waals surface area (Å²) in [4.78, 5) is 10.7. The van der Waals surface area contributed by atoms with Crippen molar-refractivity contribution in [2.75, 3.05) is 11.6 Å². The molecule has 1 aromatic heterocycles. The van der Waals surface area contributed by atoms with E-state index in [-0.39, 0.29) is 5.69 Å². The zero-order valence-corrected chi connectivity index (χ0v) is 16.7. The van der Waals surface area contributed by atoms with Crippen molar-refractivity contribution < 1.29 is 4.92 Å². The van der Waals surface area contributed by atoms with Crippen molar-refractivity contribution in [1.29, 1.82) is 0 Å². The second kappa shape index (κ2) is 8.32.